The van der Waals surface area contributed by atoms with Gasteiger partial charge in [-0.2, -0.15) is 9.97 Å². The van der Waals surface area contributed by atoms with E-state index in [4.69, 9.17) is 52.1 Å². The van der Waals surface area contributed by atoms with Gasteiger partial charge < -0.3 is 5.73 Å². The lowest BCUT2D eigenvalue weighted by atomic mass is 10.6. The summed E-state index contributed by atoms with van der Waals surface area (Å²) in [5.41, 5.74) is 5.34. The van der Waals surface area contributed by atoms with Crippen LogP contribution < -0.4 is 5.73 Å². The van der Waals surface area contributed by atoms with E-state index < -0.39 is 9.67 Å². The Labute approximate surface area is 94.4 Å². The van der Waals surface area contributed by atoms with Gasteiger partial charge in [0.05, 0.1) is 0 Å². The maximum atomic E-state index is 5.52. The Balaban J connectivity index is 3.11. The Bertz CT molecular complexity index is 276. The van der Waals surface area contributed by atoms with Crippen molar-refractivity contribution in [1.82, 2.24) is 15.0 Å². The first-order valence-corrected chi connectivity index (χ1v) is 4.83. The van der Waals surface area contributed by atoms with Gasteiger partial charge in [0.1, 0.15) is 0 Å². The van der Waals surface area contributed by atoms with Crippen LogP contribution in [-0.2, 0) is 0 Å². The van der Waals surface area contributed by atoms with Gasteiger partial charge >= 0.3 is 0 Å². The highest BCUT2D eigenvalue weighted by Gasteiger charge is 2.14. The summed E-state index contributed by atoms with van der Waals surface area (Å²) in [5, 5.41) is 0. The third-order valence-electron chi connectivity index (χ3n) is 1.08. The van der Waals surface area contributed by atoms with Crippen molar-refractivity contribution in [2.24, 2.45) is 0 Å². The van der Waals surface area contributed by atoms with Crippen LogP contribution in [0.25, 0.3) is 0 Å². The van der Waals surface area contributed by atoms with E-state index in [1.807, 2.05) is 0 Å². The SMILES string of the molecule is Nc1nc(C(Cl)Cl)nc(C(Cl)Cl)n1. The number of nitrogens with zero attached hydrogens (tertiary/aromatic N) is 3. The Morgan fingerprint density at radius 3 is 1.54 bits per heavy atom. The molecule has 0 unspecified atom stereocenters. The highest BCUT2D eigenvalue weighted by atomic mass is 35.5. The van der Waals surface area contributed by atoms with Gasteiger partial charge in [-0.3, -0.25) is 0 Å². The predicted molar refractivity (Wildman–Crippen MR) is 53.1 cm³/mol. The van der Waals surface area contributed by atoms with Crippen LogP contribution in [-0.4, -0.2) is 15.0 Å². The van der Waals surface area contributed by atoms with Gasteiger partial charge in [0.2, 0.25) is 5.95 Å². The number of aromatic nitrogens is 3. The highest BCUT2D eigenvalue weighted by Crippen LogP contribution is 2.25. The summed E-state index contributed by atoms with van der Waals surface area (Å²) >= 11 is 22.1. The fourth-order valence-electron chi connectivity index (χ4n) is 0.622. The number of rotatable bonds is 2. The average Bonchev–Trinajstić information content (AvgIpc) is 2.03. The number of hydrogen-bond acceptors (Lipinski definition) is 4. The molecular formula is C5H4Cl4N4. The first-order valence-electron chi connectivity index (χ1n) is 3.08. The van der Waals surface area contributed by atoms with Crippen molar-refractivity contribution in [2.75, 3.05) is 5.73 Å². The van der Waals surface area contributed by atoms with E-state index in [1.165, 1.54) is 0 Å². The molecule has 0 aliphatic rings. The number of nitrogens with two attached hydrogens (primary N) is 1. The van der Waals surface area contributed by atoms with Gasteiger partial charge in [0, 0.05) is 0 Å². The molecule has 72 valence electrons. The molecule has 4 nitrogen and oxygen atoms in total. The Hall–Kier alpha value is -0.0300. The lowest BCUT2D eigenvalue weighted by Crippen LogP contribution is -2.06. The first-order chi connectivity index (χ1) is 6.00. The number of hydrogen-bond donors (Lipinski definition) is 1. The van der Waals surface area contributed by atoms with Gasteiger partial charge in [-0.15, -0.1) is 0 Å². The van der Waals surface area contributed by atoms with Gasteiger partial charge in [0.25, 0.3) is 0 Å². The Morgan fingerprint density at radius 2 is 1.23 bits per heavy atom. The number of halogens is 4. The van der Waals surface area contributed by atoms with Crippen LogP contribution in [0.5, 0.6) is 0 Å². The molecule has 13 heavy (non-hydrogen) atoms. The largest absolute Gasteiger partial charge is 0.368 e. The van der Waals surface area contributed by atoms with E-state index in [9.17, 15) is 0 Å². The lowest BCUT2D eigenvalue weighted by molar-refractivity contribution is 0.893. The summed E-state index contributed by atoms with van der Waals surface area (Å²) in [4.78, 5) is 9.43. The molecule has 8 heteroatoms. The zero-order valence-corrected chi connectivity index (χ0v) is 9.11. The second-order valence-corrected chi connectivity index (χ2v) is 4.20. The second kappa shape index (κ2) is 4.46. The summed E-state index contributed by atoms with van der Waals surface area (Å²) in [7, 11) is 0. The van der Waals surface area contributed by atoms with E-state index in [0.717, 1.165) is 0 Å². The molecular weight excluding hydrogens is 258 g/mol. The smallest absolute Gasteiger partial charge is 0.223 e. The minimum absolute atomic E-state index is 0.0161. The molecule has 0 atom stereocenters. The molecule has 1 heterocycles. The molecule has 2 N–H and O–H groups in total. The van der Waals surface area contributed by atoms with Crippen LogP contribution in [0, 0.1) is 0 Å². The minimum atomic E-state index is -0.879. The van der Waals surface area contributed by atoms with E-state index >= 15 is 0 Å². The molecule has 0 spiro atoms. The van der Waals surface area contributed by atoms with Crippen molar-refractivity contribution >= 4 is 52.4 Å². The van der Waals surface area contributed by atoms with Gasteiger partial charge in [-0.25, -0.2) is 4.98 Å². The van der Waals surface area contributed by atoms with Crippen LogP contribution in [0.3, 0.4) is 0 Å². The van der Waals surface area contributed by atoms with Crippen molar-refractivity contribution in [3.8, 4) is 0 Å². The van der Waals surface area contributed by atoms with Crippen LogP contribution in [0.4, 0.5) is 5.95 Å². The van der Waals surface area contributed by atoms with E-state index in [1.54, 1.807) is 0 Å². The predicted octanol–water partition coefficient (Wildman–Crippen LogP) is 2.41. The fourth-order valence-corrected chi connectivity index (χ4v) is 1.01. The van der Waals surface area contributed by atoms with E-state index in [0.29, 0.717) is 0 Å². The topological polar surface area (TPSA) is 64.7 Å². The molecule has 0 amide bonds. The summed E-state index contributed by atoms with van der Waals surface area (Å²) in [6.07, 6.45) is 0. The van der Waals surface area contributed by atoms with E-state index in [-0.39, 0.29) is 17.6 Å². The molecule has 0 fully saturated rings. The lowest BCUT2D eigenvalue weighted by Gasteiger charge is -2.04. The van der Waals surface area contributed by atoms with Crippen LogP contribution in [0.1, 0.15) is 21.3 Å². The molecule has 0 aliphatic heterocycles. The quantitative estimate of drug-likeness (QED) is 0.831. The number of alkyl halides is 4. The van der Waals surface area contributed by atoms with E-state index in [2.05, 4.69) is 15.0 Å². The van der Waals surface area contributed by atoms with Gasteiger partial charge in [0.15, 0.2) is 21.3 Å². The normalized spacial score (nSPS) is 11.2. The minimum Gasteiger partial charge on any atom is -0.368 e. The number of anilines is 1. The van der Waals surface area contributed by atoms with Crippen molar-refractivity contribution in [2.45, 2.75) is 9.67 Å². The number of nitrogen functional groups attached to an aromatic ring is 1. The maximum absolute atomic E-state index is 5.52. The highest BCUT2D eigenvalue weighted by molar-refractivity contribution is 6.44. The van der Waals surface area contributed by atoms with Crippen molar-refractivity contribution in [1.29, 1.82) is 0 Å². The first kappa shape index (κ1) is 11.0. The molecule has 0 saturated carbocycles. The molecule has 1 aromatic heterocycles. The van der Waals surface area contributed by atoms with Crippen LogP contribution in [0.15, 0.2) is 0 Å². The molecule has 0 aliphatic carbocycles. The third-order valence-corrected chi connectivity index (χ3v) is 1.86. The van der Waals surface area contributed by atoms with Crippen molar-refractivity contribution in [3.63, 3.8) is 0 Å². The summed E-state index contributed by atoms with van der Waals surface area (Å²) in [5.74, 6) is 0.256. The maximum Gasteiger partial charge on any atom is 0.223 e. The molecule has 0 radical (unpaired) electrons. The molecule has 1 aromatic rings. The fraction of sp³-hybridized carbons (Fsp3) is 0.400. The molecule has 1 rings (SSSR count). The monoisotopic (exact) mass is 260 g/mol. The Morgan fingerprint density at radius 1 is 0.846 bits per heavy atom. The van der Waals surface area contributed by atoms with Crippen molar-refractivity contribution in [3.05, 3.63) is 11.6 Å². The van der Waals surface area contributed by atoms with Crippen LogP contribution >= 0.6 is 46.4 Å². The van der Waals surface area contributed by atoms with Crippen molar-refractivity contribution < 1.29 is 0 Å². The third kappa shape index (κ3) is 2.98. The second-order valence-electron chi connectivity index (χ2n) is 2.01. The summed E-state index contributed by atoms with van der Waals surface area (Å²) < 4.78 is 0. The zero-order valence-electron chi connectivity index (χ0n) is 6.09. The van der Waals surface area contributed by atoms with Crippen LogP contribution in [0.2, 0.25) is 0 Å². The van der Waals surface area contributed by atoms with Gasteiger partial charge in [-0.05, 0) is 0 Å². The molecule has 0 aromatic carbocycles. The molecule has 0 bridgehead atoms. The zero-order chi connectivity index (χ0) is 10.0. The standard InChI is InChI=1S/C5H4Cl4N4/c6-1(7)3-11-4(2(8)9)13-5(10)12-3/h1-2H,(H2,10,11,12,13). The van der Waals surface area contributed by atoms with Gasteiger partial charge in [-0.1, -0.05) is 46.4 Å². The molecule has 0 saturated heterocycles. The Kier molecular flexibility index (Phi) is 3.79. The average molecular weight is 262 g/mol. The summed E-state index contributed by atoms with van der Waals surface area (Å²) in [6, 6.07) is 0. The summed E-state index contributed by atoms with van der Waals surface area (Å²) in [6.45, 7) is 0.